The van der Waals surface area contributed by atoms with Gasteiger partial charge in [0.1, 0.15) is 0 Å². The maximum atomic E-state index is 5.45. The molecule has 158 valence electrons. The van der Waals surface area contributed by atoms with Gasteiger partial charge in [0.15, 0.2) is 0 Å². The SMILES string of the molecule is BrC(C=NNc1nc(N2CCOCC2)nc(N2CCOCC2)n1)=Cc1ccccc1. The molecule has 0 radical (unpaired) electrons. The molecule has 2 fully saturated rings. The summed E-state index contributed by atoms with van der Waals surface area (Å²) >= 11 is 3.52. The van der Waals surface area contributed by atoms with Gasteiger partial charge in [-0.15, -0.1) is 0 Å². The standard InChI is InChI=1S/C20H24BrN7O2/c21-17(14-16-4-2-1-3-5-16)15-22-26-18-23-19(27-6-10-29-11-7-27)25-20(24-18)28-8-12-30-13-9-28/h1-5,14-15H,6-13H2,(H,23,24,25,26). The lowest BCUT2D eigenvalue weighted by atomic mass is 10.2. The topological polar surface area (TPSA) is 88.0 Å². The number of hydrazone groups is 1. The van der Waals surface area contributed by atoms with E-state index in [0.29, 0.717) is 44.3 Å². The molecule has 2 saturated heterocycles. The van der Waals surface area contributed by atoms with Crippen molar-refractivity contribution in [2.45, 2.75) is 0 Å². The highest BCUT2D eigenvalue weighted by Gasteiger charge is 2.20. The number of hydrogen-bond acceptors (Lipinski definition) is 9. The molecule has 30 heavy (non-hydrogen) atoms. The van der Waals surface area contributed by atoms with E-state index in [1.165, 1.54) is 0 Å². The van der Waals surface area contributed by atoms with Crippen molar-refractivity contribution in [1.82, 2.24) is 15.0 Å². The smallest absolute Gasteiger partial charge is 0.250 e. The summed E-state index contributed by atoms with van der Waals surface area (Å²) in [5.41, 5.74) is 4.02. The van der Waals surface area contributed by atoms with Crippen molar-refractivity contribution in [3.8, 4) is 0 Å². The molecular formula is C20H24BrN7O2. The van der Waals surface area contributed by atoms with E-state index in [0.717, 1.165) is 36.2 Å². The zero-order valence-electron chi connectivity index (χ0n) is 16.6. The third-order valence-corrected chi connectivity index (χ3v) is 5.09. The number of morpholine rings is 2. The second kappa shape index (κ2) is 10.5. The number of nitrogens with zero attached hydrogens (tertiary/aromatic N) is 6. The van der Waals surface area contributed by atoms with Gasteiger partial charge in [-0.25, -0.2) is 5.43 Å². The fraction of sp³-hybridized carbons (Fsp3) is 0.400. The molecule has 1 aromatic heterocycles. The Morgan fingerprint density at radius 2 is 1.47 bits per heavy atom. The molecule has 2 aliphatic rings. The predicted octanol–water partition coefficient (Wildman–Crippen LogP) is 2.38. The van der Waals surface area contributed by atoms with Crippen LogP contribution in [0.1, 0.15) is 5.56 Å². The lowest BCUT2D eigenvalue weighted by molar-refractivity contribution is 0.121. The highest BCUT2D eigenvalue weighted by Crippen LogP contribution is 2.19. The van der Waals surface area contributed by atoms with Crippen LogP contribution in [-0.4, -0.2) is 73.8 Å². The Labute approximate surface area is 183 Å². The third kappa shape index (κ3) is 5.74. The van der Waals surface area contributed by atoms with Crippen LogP contribution in [0.5, 0.6) is 0 Å². The lowest BCUT2D eigenvalue weighted by Gasteiger charge is -2.30. The first-order valence-corrected chi connectivity index (χ1v) is 10.7. The summed E-state index contributed by atoms with van der Waals surface area (Å²) < 4.78 is 11.7. The van der Waals surface area contributed by atoms with Crippen molar-refractivity contribution in [2.24, 2.45) is 5.10 Å². The molecule has 0 amide bonds. The number of anilines is 3. The van der Waals surface area contributed by atoms with Gasteiger partial charge in [0.2, 0.25) is 17.8 Å². The van der Waals surface area contributed by atoms with Crippen molar-refractivity contribution in [1.29, 1.82) is 0 Å². The maximum Gasteiger partial charge on any atom is 0.250 e. The van der Waals surface area contributed by atoms with Gasteiger partial charge in [0.25, 0.3) is 0 Å². The fourth-order valence-corrected chi connectivity index (χ4v) is 3.48. The molecular weight excluding hydrogens is 450 g/mol. The van der Waals surface area contributed by atoms with Crippen LogP contribution in [0.15, 0.2) is 39.9 Å². The molecule has 9 nitrogen and oxygen atoms in total. The van der Waals surface area contributed by atoms with E-state index in [-0.39, 0.29) is 0 Å². The summed E-state index contributed by atoms with van der Waals surface area (Å²) in [6.07, 6.45) is 3.66. The van der Waals surface area contributed by atoms with Crippen LogP contribution >= 0.6 is 15.9 Å². The van der Waals surface area contributed by atoms with Gasteiger partial charge in [-0.2, -0.15) is 20.1 Å². The summed E-state index contributed by atoms with van der Waals surface area (Å²) in [6.45, 7) is 5.66. The van der Waals surface area contributed by atoms with E-state index in [1.54, 1.807) is 6.21 Å². The molecule has 3 heterocycles. The molecule has 2 aliphatic heterocycles. The summed E-state index contributed by atoms with van der Waals surface area (Å²) in [5, 5.41) is 4.28. The van der Waals surface area contributed by atoms with Crippen LogP contribution in [0.25, 0.3) is 6.08 Å². The minimum atomic E-state index is 0.407. The van der Waals surface area contributed by atoms with Crippen LogP contribution < -0.4 is 15.2 Å². The van der Waals surface area contributed by atoms with Crippen molar-refractivity contribution >= 4 is 46.1 Å². The Morgan fingerprint density at radius 1 is 0.900 bits per heavy atom. The van der Waals surface area contributed by atoms with Gasteiger partial charge in [-0.1, -0.05) is 30.3 Å². The first-order valence-electron chi connectivity index (χ1n) is 9.91. The molecule has 1 aromatic carbocycles. The molecule has 0 spiro atoms. The first kappa shape index (κ1) is 20.7. The number of aromatic nitrogens is 3. The quantitative estimate of drug-likeness (QED) is 0.505. The Morgan fingerprint density at radius 3 is 2.03 bits per heavy atom. The second-order valence-corrected chi connectivity index (χ2v) is 7.68. The number of rotatable bonds is 6. The zero-order valence-corrected chi connectivity index (χ0v) is 18.2. The van der Waals surface area contributed by atoms with E-state index in [2.05, 4.69) is 51.2 Å². The van der Waals surface area contributed by atoms with Crippen molar-refractivity contribution in [3.05, 3.63) is 40.4 Å². The van der Waals surface area contributed by atoms with Gasteiger partial charge in [-0.05, 0) is 27.6 Å². The summed E-state index contributed by atoms with van der Waals surface area (Å²) in [7, 11) is 0. The highest BCUT2D eigenvalue weighted by atomic mass is 79.9. The van der Waals surface area contributed by atoms with Gasteiger partial charge in [-0.3, -0.25) is 0 Å². The number of halogens is 1. The molecule has 10 heteroatoms. The number of allylic oxidation sites excluding steroid dienone is 1. The molecule has 0 aliphatic carbocycles. The Hall–Kier alpha value is -2.56. The monoisotopic (exact) mass is 473 g/mol. The van der Waals surface area contributed by atoms with Crippen molar-refractivity contribution in [3.63, 3.8) is 0 Å². The Balaban J connectivity index is 1.51. The van der Waals surface area contributed by atoms with Crippen LogP contribution in [0.4, 0.5) is 17.8 Å². The number of benzene rings is 1. The second-order valence-electron chi connectivity index (χ2n) is 6.77. The van der Waals surface area contributed by atoms with E-state index in [4.69, 9.17) is 9.47 Å². The van der Waals surface area contributed by atoms with E-state index in [9.17, 15) is 0 Å². The van der Waals surface area contributed by atoms with Crippen LogP contribution in [0.3, 0.4) is 0 Å². The molecule has 0 atom stereocenters. The van der Waals surface area contributed by atoms with Crippen molar-refractivity contribution in [2.75, 3.05) is 67.8 Å². The molecule has 0 unspecified atom stereocenters. The minimum Gasteiger partial charge on any atom is -0.378 e. The van der Waals surface area contributed by atoms with Gasteiger partial charge >= 0.3 is 0 Å². The molecule has 2 aromatic rings. The number of nitrogens with one attached hydrogen (secondary N) is 1. The van der Waals surface area contributed by atoms with Crippen LogP contribution in [-0.2, 0) is 9.47 Å². The normalized spacial score (nSPS) is 18.1. The molecule has 0 bridgehead atoms. The molecule has 0 saturated carbocycles. The summed E-state index contributed by atoms with van der Waals surface area (Å²) in [5.74, 6) is 1.67. The van der Waals surface area contributed by atoms with Gasteiger partial charge in [0, 0.05) is 30.7 Å². The van der Waals surface area contributed by atoms with E-state index >= 15 is 0 Å². The minimum absolute atomic E-state index is 0.407. The molecule has 4 rings (SSSR count). The Kier molecular flexibility index (Phi) is 7.22. The van der Waals surface area contributed by atoms with Crippen LogP contribution in [0, 0.1) is 0 Å². The number of ether oxygens (including phenoxy) is 2. The lowest BCUT2D eigenvalue weighted by Crippen LogP contribution is -2.40. The largest absolute Gasteiger partial charge is 0.378 e. The summed E-state index contributed by atoms with van der Waals surface area (Å²) in [4.78, 5) is 18.0. The predicted molar refractivity (Wildman–Crippen MR) is 121 cm³/mol. The third-order valence-electron chi connectivity index (χ3n) is 4.66. The fourth-order valence-electron chi connectivity index (χ4n) is 3.11. The van der Waals surface area contributed by atoms with E-state index < -0.39 is 0 Å². The highest BCUT2D eigenvalue weighted by molar-refractivity contribution is 9.12. The van der Waals surface area contributed by atoms with E-state index in [1.807, 2.05) is 36.4 Å². The average molecular weight is 474 g/mol. The first-order chi connectivity index (χ1) is 14.8. The maximum absolute atomic E-state index is 5.45. The Bertz CT molecular complexity index is 846. The van der Waals surface area contributed by atoms with Crippen LogP contribution in [0.2, 0.25) is 0 Å². The summed E-state index contributed by atoms with van der Waals surface area (Å²) in [6, 6.07) is 10.0. The average Bonchev–Trinajstić information content (AvgIpc) is 2.81. The van der Waals surface area contributed by atoms with Gasteiger partial charge < -0.3 is 19.3 Å². The zero-order chi connectivity index (χ0) is 20.6. The molecule has 1 N–H and O–H groups in total. The number of hydrogen-bond donors (Lipinski definition) is 1. The van der Waals surface area contributed by atoms with Crippen molar-refractivity contribution < 1.29 is 9.47 Å². The van der Waals surface area contributed by atoms with Gasteiger partial charge in [0.05, 0.1) is 32.6 Å².